The third kappa shape index (κ3) is 8.81. The molecular weight excluding hydrogens is 192 g/mol. The zero-order valence-corrected chi connectivity index (χ0v) is 10.7. The van der Waals surface area contributed by atoms with Crippen LogP contribution in [0.15, 0.2) is 0 Å². The molecule has 2 unspecified atom stereocenters. The van der Waals surface area contributed by atoms with E-state index in [4.69, 9.17) is 9.47 Å². The van der Waals surface area contributed by atoms with E-state index < -0.39 is 0 Å². The topological polar surface area (TPSA) is 33.7 Å². The van der Waals surface area contributed by atoms with Gasteiger partial charge in [0.1, 0.15) is 0 Å². The third-order valence-corrected chi connectivity index (χ3v) is 2.47. The van der Waals surface area contributed by atoms with Crippen LogP contribution in [0.5, 0.6) is 0 Å². The van der Waals surface area contributed by atoms with Crippen molar-refractivity contribution in [2.45, 2.75) is 26.0 Å². The van der Waals surface area contributed by atoms with Gasteiger partial charge >= 0.3 is 0 Å². The van der Waals surface area contributed by atoms with Gasteiger partial charge in [-0.25, -0.2) is 0 Å². The van der Waals surface area contributed by atoms with E-state index in [0.717, 1.165) is 26.3 Å². The van der Waals surface area contributed by atoms with Crippen LogP contribution in [0.4, 0.5) is 0 Å². The van der Waals surface area contributed by atoms with Crippen LogP contribution in [0.25, 0.3) is 0 Å². The van der Waals surface area contributed by atoms with Crippen LogP contribution in [-0.4, -0.2) is 64.6 Å². The summed E-state index contributed by atoms with van der Waals surface area (Å²) in [5, 5.41) is 3.36. The average molecular weight is 218 g/mol. The highest BCUT2D eigenvalue weighted by Crippen LogP contribution is 1.94. The molecule has 0 saturated carbocycles. The Kier molecular flexibility index (Phi) is 9.00. The van der Waals surface area contributed by atoms with Crippen molar-refractivity contribution < 1.29 is 9.47 Å². The van der Waals surface area contributed by atoms with Crippen LogP contribution in [0, 0.1) is 0 Å². The number of hydrogen-bond acceptors (Lipinski definition) is 4. The second kappa shape index (κ2) is 9.09. The predicted octanol–water partition coefficient (Wildman–Crippen LogP) is 0.578. The van der Waals surface area contributed by atoms with Crippen molar-refractivity contribution in [1.29, 1.82) is 0 Å². The van der Waals surface area contributed by atoms with Gasteiger partial charge in [0.2, 0.25) is 0 Å². The first-order valence-electron chi connectivity index (χ1n) is 5.56. The van der Waals surface area contributed by atoms with Crippen LogP contribution in [0.2, 0.25) is 0 Å². The fourth-order valence-corrected chi connectivity index (χ4v) is 1.08. The van der Waals surface area contributed by atoms with E-state index in [0.29, 0.717) is 6.04 Å². The molecule has 0 heterocycles. The molecule has 0 aliphatic rings. The number of likely N-dealkylation sites (N-methyl/N-ethyl adjacent to an activating group) is 1. The third-order valence-electron chi connectivity index (χ3n) is 2.47. The van der Waals surface area contributed by atoms with Gasteiger partial charge in [-0.3, -0.25) is 0 Å². The lowest BCUT2D eigenvalue weighted by Crippen LogP contribution is -2.38. The highest BCUT2D eigenvalue weighted by molar-refractivity contribution is 4.67. The molecule has 0 amide bonds. The molecule has 0 spiro atoms. The van der Waals surface area contributed by atoms with Gasteiger partial charge in [0.15, 0.2) is 0 Å². The summed E-state index contributed by atoms with van der Waals surface area (Å²) in [6.07, 6.45) is 0.242. The average Bonchev–Trinajstić information content (AvgIpc) is 2.21. The van der Waals surface area contributed by atoms with Crippen molar-refractivity contribution in [1.82, 2.24) is 10.2 Å². The zero-order valence-electron chi connectivity index (χ0n) is 10.7. The van der Waals surface area contributed by atoms with Crippen LogP contribution in [0.3, 0.4) is 0 Å². The lowest BCUT2D eigenvalue weighted by atomic mass is 10.2. The summed E-state index contributed by atoms with van der Waals surface area (Å²) >= 11 is 0. The number of nitrogens with zero attached hydrogens (tertiary/aromatic N) is 1. The molecule has 0 saturated heterocycles. The second-order valence-corrected chi connectivity index (χ2v) is 4.10. The van der Waals surface area contributed by atoms with E-state index in [1.165, 1.54) is 0 Å². The molecule has 0 bridgehead atoms. The molecule has 0 aromatic heterocycles. The Hall–Kier alpha value is -0.160. The van der Waals surface area contributed by atoms with Gasteiger partial charge in [0, 0.05) is 26.2 Å². The van der Waals surface area contributed by atoms with Gasteiger partial charge in [-0.05, 0) is 27.9 Å². The van der Waals surface area contributed by atoms with Crippen LogP contribution in [0.1, 0.15) is 13.8 Å². The molecule has 15 heavy (non-hydrogen) atoms. The first-order valence-corrected chi connectivity index (χ1v) is 5.56. The molecule has 0 radical (unpaired) electrons. The molecule has 0 rings (SSSR count). The lowest BCUT2D eigenvalue weighted by Gasteiger charge is -2.19. The van der Waals surface area contributed by atoms with E-state index >= 15 is 0 Å². The number of ether oxygens (including phenoxy) is 2. The molecule has 0 aromatic rings. The molecule has 2 atom stereocenters. The fraction of sp³-hybridized carbons (Fsp3) is 1.00. The Labute approximate surface area is 93.9 Å². The maximum absolute atomic E-state index is 5.46. The molecule has 0 aromatic carbocycles. The van der Waals surface area contributed by atoms with Crippen molar-refractivity contribution in [2.24, 2.45) is 0 Å². The summed E-state index contributed by atoms with van der Waals surface area (Å²) in [6, 6.07) is 0.368. The van der Waals surface area contributed by atoms with Crippen molar-refractivity contribution in [3.63, 3.8) is 0 Å². The normalized spacial score (nSPS) is 15.6. The van der Waals surface area contributed by atoms with Crippen LogP contribution >= 0.6 is 0 Å². The van der Waals surface area contributed by atoms with E-state index in [-0.39, 0.29) is 6.10 Å². The Morgan fingerprint density at radius 2 is 1.87 bits per heavy atom. The number of methoxy groups -OCH3 is 1. The summed E-state index contributed by atoms with van der Waals surface area (Å²) in [5.41, 5.74) is 0. The summed E-state index contributed by atoms with van der Waals surface area (Å²) in [4.78, 5) is 2.11. The first kappa shape index (κ1) is 14.8. The number of nitrogens with one attached hydrogen (secondary N) is 1. The molecule has 4 heteroatoms. The SMILES string of the molecule is COC(C)C(C)NCCOCCN(C)C. The lowest BCUT2D eigenvalue weighted by molar-refractivity contribution is 0.0789. The minimum Gasteiger partial charge on any atom is -0.380 e. The first-order chi connectivity index (χ1) is 7.07. The van der Waals surface area contributed by atoms with Crippen LogP contribution in [-0.2, 0) is 9.47 Å². The molecule has 0 aliphatic heterocycles. The van der Waals surface area contributed by atoms with Gasteiger partial charge in [0.25, 0.3) is 0 Å². The van der Waals surface area contributed by atoms with Gasteiger partial charge in [0.05, 0.1) is 19.3 Å². The zero-order chi connectivity index (χ0) is 11.7. The van der Waals surface area contributed by atoms with E-state index in [9.17, 15) is 0 Å². The Balaban J connectivity index is 3.23. The van der Waals surface area contributed by atoms with E-state index in [1.807, 2.05) is 14.1 Å². The number of hydrogen-bond donors (Lipinski definition) is 1. The largest absolute Gasteiger partial charge is 0.380 e. The summed E-state index contributed by atoms with van der Waals surface area (Å²) < 4.78 is 10.7. The van der Waals surface area contributed by atoms with Crippen molar-refractivity contribution in [3.05, 3.63) is 0 Å². The fourth-order valence-electron chi connectivity index (χ4n) is 1.08. The maximum Gasteiger partial charge on any atom is 0.0693 e. The second-order valence-electron chi connectivity index (χ2n) is 4.10. The molecule has 4 nitrogen and oxygen atoms in total. The molecule has 0 fully saturated rings. The van der Waals surface area contributed by atoms with Gasteiger partial charge in [-0.2, -0.15) is 0 Å². The highest BCUT2D eigenvalue weighted by Gasteiger charge is 2.08. The number of rotatable bonds is 9. The highest BCUT2D eigenvalue weighted by atomic mass is 16.5. The van der Waals surface area contributed by atoms with Gasteiger partial charge < -0.3 is 19.7 Å². The molecule has 1 N–H and O–H groups in total. The van der Waals surface area contributed by atoms with Gasteiger partial charge in [-0.1, -0.05) is 0 Å². The van der Waals surface area contributed by atoms with E-state index in [2.05, 4.69) is 24.1 Å². The monoisotopic (exact) mass is 218 g/mol. The quantitative estimate of drug-likeness (QED) is 0.574. The smallest absolute Gasteiger partial charge is 0.0693 e. The van der Waals surface area contributed by atoms with Crippen molar-refractivity contribution in [3.8, 4) is 0 Å². The van der Waals surface area contributed by atoms with Crippen molar-refractivity contribution >= 4 is 0 Å². The maximum atomic E-state index is 5.46. The van der Waals surface area contributed by atoms with Crippen LogP contribution < -0.4 is 5.32 Å². The summed E-state index contributed by atoms with van der Waals surface area (Å²) in [5.74, 6) is 0. The van der Waals surface area contributed by atoms with Crippen molar-refractivity contribution in [2.75, 3.05) is 47.5 Å². The van der Waals surface area contributed by atoms with E-state index in [1.54, 1.807) is 7.11 Å². The molecule has 0 aliphatic carbocycles. The Morgan fingerprint density at radius 3 is 2.40 bits per heavy atom. The summed E-state index contributed by atoms with van der Waals surface area (Å²) in [7, 11) is 5.82. The molecular formula is C11H26N2O2. The summed E-state index contributed by atoms with van der Waals surface area (Å²) in [6.45, 7) is 7.59. The predicted molar refractivity (Wildman–Crippen MR) is 63.3 cm³/mol. The minimum atomic E-state index is 0.242. The molecule has 92 valence electrons. The minimum absolute atomic E-state index is 0.242. The Bertz CT molecular complexity index is 143. The van der Waals surface area contributed by atoms with Gasteiger partial charge in [-0.15, -0.1) is 0 Å². The standard InChI is InChI=1S/C11H26N2O2/c1-10(11(2)14-5)12-6-8-15-9-7-13(3)4/h10-12H,6-9H2,1-5H3. The Morgan fingerprint density at radius 1 is 1.20 bits per heavy atom.